The summed E-state index contributed by atoms with van der Waals surface area (Å²) >= 11 is 6.49. The van der Waals surface area contributed by atoms with Gasteiger partial charge in [-0.3, -0.25) is 0 Å². The molecular weight excluding hydrogens is 297 g/mol. The Morgan fingerprint density at radius 2 is 1.37 bits per heavy atom. The molecule has 0 saturated heterocycles. The molecule has 0 unspecified atom stereocenters. The predicted octanol–water partition coefficient (Wildman–Crippen LogP) is 3.15. The monoisotopic (exact) mass is 313 g/mol. The summed E-state index contributed by atoms with van der Waals surface area (Å²) in [7, 11) is 0. The van der Waals surface area contributed by atoms with Crippen LogP contribution in [0.25, 0.3) is 0 Å². The van der Waals surface area contributed by atoms with Gasteiger partial charge in [-0.15, -0.1) is 0 Å². The average Bonchev–Trinajstić information content (AvgIpc) is 2.41. The Labute approximate surface area is 166 Å². The summed E-state index contributed by atoms with van der Waals surface area (Å²) in [5, 5.41) is 0. The van der Waals surface area contributed by atoms with Gasteiger partial charge in [-0.25, -0.2) is 0 Å². The summed E-state index contributed by atoms with van der Waals surface area (Å²) in [6.07, 6.45) is 0. The molecule has 0 aliphatic carbocycles. The molecule has 94 valence electrons. The van der Waals surface area contributed by atoms with Gasteiger partial charge in [-0.1, -0.05) is 84.6 Å². The van der Waals surface area contributed by atoms with Gasteiger partial charge in [0.1, 0.15) is 4.32 Å². The van der Waals surface area contributed by atoms with E-state index in [1.165, 1.54) is 22.9 Å². The van der Waals surface area contributed by atoms with Gasteiger partial charge in [0.15, 0.2) is 0 Å². The first-order chi connectivity index (χ1) is 8.77. The van der Waals surface area contributed by atoms with Gasteiger partial charge in [0, 0.05) is 11.7 Å². The van der Waals surface area contributed by atoms with E-state index in [0.29, 0.717) is 10.2 Å². The fourth-order valence-corrected chi connectivity index (χ4v) is 2.84. The number of rotatable bonds is 4. The molecule has 0 radical (unpaired) electrons. The summed E-state index contributed by atoms with van der Waals surface area (Å²) < 4.78 is 0.506. The van der Waals surface area contributed by atoms with Gasteiger partial charge < -0.3 is 5.73 Å². The molecule has 0 heterocycles. The Kier molecular flexibility index (Phi) is 8.49. The molecule has 2 aromatic carbocycles. The first kappa shape index (κ1) is 17.4. The molecule has 0 bridgehead atoms. The standard InChI is InChI=1S/C15H15NS2.K.H/c16-15(17)18-11-14(12-7-3-1-4-8-12)13-9-5-2-6-10-13;;/h1-10,14H,11H2,(H2,16,17);;. The molecule has 0 spiro atoms. The third-order valence-electron chi connectivity index (χ3n) is 2.80. The molecule has 1 nitrogen and oxygen atoms in total. The summed E-state index contributed by atoms with van der Waals surface area (Å²) in [5.74, 6) is 1.21. The first-order valence-electron chi connectivity index (χ1n) is 5.79. The minimum atomic E-state index is 0. The molecule has 0 atom stereocenters. The van der Waals surface area contributed by atoms with Crippen molar-refractivity contribution >= 4 is 79.7 Å². The summed E-state index contributed by atoms with van der Waals surface area (Å²) in [5.41, 5.74) is 8.19. The Morgan fingerprint density at radius 3 is 1.74 bits per heavy atom. The van der Waals surface area contributed by atoms with Crippen molar-refractivity contribution in [3.8, 4) is 0 Å². The summed E-state index contributed by atoms with van der Waals surface area (Å²) in [6, 6.07) is 20.9. The molecular formula is C15H16KNS2. The van der Waals surface area contributed by atoms with Crippen LogP contribution in [-0.2, 0) is 0 Å². The van der Waals surface area contributed by atoms with Crippen LogP contribution < -0.4 is 5.73 Å². The van der Waals surface area contributed by atoms with Crippen LogP contribution in [0.3, 0.4) is 0 Å². The number of benzene rings is 2. The molecule has 0 saturated carbocycles. The van der Waals surface area contributed by atoms with Crippen LogP contribution in [0.1, 0.15) is 17.0 Å². The Hall–Kier alpha value is 0.316. The Bertz CT molecular complexity index is 463. The van der Waals surface area contributed by atoms with E-state index in [4.69, 9.17) is 18.0 Å². The third-order valence-corrected chi connectivity index (χ3v) is 3.93. The van der Waals surface area contributed by atoms with Gasteiger partial charge in [-0.05, 0) is 11.1 Å². The zero-order valence-electron chi connectivity index (χ0n) is 9.95. The van der Waals surface area contributed by atoms with Crippen molar-refractivity contribution in [2.24, 2.45) is 5.73 Å². The zero-order chi connectivity index (χ0) is 12.8. The van der Waals surface area contributed by atoms with Crippen LogP contribution in [0.15, 0.2) is 60.7 Å². The fourth-order valence-electron chi connectivity index (χ4n) is 1.92. The maximum atomic E-state index is 5.59. The number of hydrogen-bond donors (Lipinski definition) is 1. The Balaban J connectivity index is 0.00000180. The fraction of sp³-hybridized carbons (Fsp3) is 0.133. The minimum absolute atomic E-state index is 0. The van der Waals surface area contributed by atoms with Gasteiger partial charge in [-0.2, -0.15) is 0 Å². The van der Waals surface area contributed by atoms with Crippen molar-refractivity contribution in [1.29, 1.82) is 0 Å². The van der Waals surface area contributed by atoms with E-state index in [9.17, 15) is 0 Å². The van der Waals surface area contributed by atoms with Crippen LogP contribution in [0, 0.1) is 0 Å². The normalized spacial score (nSPS) is 9.95. The second-order valence-electron chi connectivity index (χ2n) is 4.00. The van der Waals surface area contributed by atoms with Crippen LogP contribution in [-0.4, -0.2) is 61.5 Å². The van der Waals surface area contributed by atoms with Gasteiger partial charge >= 0.3 is 51.4 Å². The number of hydrogen-bond acceptors (Lipinski definition) is 2. The molecule has 0 amide bonds. The van der Waals surface area contributed by atoms with Gasteiger partial charge in [0.25, 0.3) is 0 Å². The van der Waals surface area contributed by atoms with E-state index in [2.05, 4.69) is 48.5 Å². The molecule has 19 heavy (non-hydrogen) atoms. The molecule has 0 fully saturated rings. The quantitative estimate of drug-likeness (QED) is 0.694. The zero-order valence-corrected chi connectivity index (χ0v) is 11.6. The number of nitrogens with two attached hydrogens (primary N) is 1. The second kappa shape index (κ2) is 9.29. The average molecular weight is 314 g/mol. The molecule has 4 heteroatoms. The second-order valence-corrected chi connectivity index (χ2v) is 5.76. The van der Waals surface area contributed by atoms with E-state index in [1.54, 1.807) is 0 Å². The molecule has 2 N–H and O–H groups in total. The van der Waals surface area contributed by atoms with Crippen molar-refractivity contribution in [3.63, 3.8) is 0 Å². The summed E-state index contributed by atoms with van der Waals surface area (Å²) in [6.45, 7) is 0. The topological polar surface area (TPSA) is 26.0 Å². The number of thioether (sulfide) groups is 1. The van der Waals surface area contributed by atoms with E-state index in [-0.39, 0.29) is 51.4 Å². The summed E-state index contributed by atoms with van der Waals surface area (Å²) in [4.78, 5) is 0. The first-order valence-corrected chi connectivity index (χ1v) is 7.19. The van der Waals surface area contributed by atoms with Crippen LogP contribution in [0.5, 0.6) is 0 Å². The molecule has 2 rings (SSSR count). The molecule has 0 aliphatic rings. The van der Waals surface area contributed by atoms with Gasteiger partial charge in [0.05, 0.1) is 0 Å². The molecule has 0 aliphatic heterocycles. The number of thiocarbonyl (C=S) groups is 1. The van der Waals surface area contributed by atoms with Crippen molar-refractivity contribution in [1.82, 2.24) is 0 Å². The molecule has 0 aromatic heterocycles. The maximum absolute atomic E-state index is 5.59. The SMILES string of the molecule is NC(=S)SCC(c1ccccc1)c1ccccc1.[KH]. The third kappa shape index (κ3) is 5.67. The van der Waals surface area contributed by atoms with E-state index in [1.807, 2.05) is 12.1 Å². The van der Waals surface area contributed by atoms with Crippen LogP contribution >= 0.6 is 24.0 Å². The van der Waals surface area contributed by atoms with Crippen LogP contribution in [0.4, 0.5) is 0 Å². The Morgan fingerprint density at radius 1 is 0.947 bits per heavy atom. The van der Waals surface area contributed by atoms with Crippen LogP contribution in [0.2, 0.25) is 0 Å². The van der Waals surface area contributed by atoms with Crippen molar-refractivity contribution in [2.75, 3.05) is 5.75 Å². The predicted molar refractivity (Wildman–Crippen MR) is 91.1 cm³/mol. The van der Waals surface area contributed by atoms with Gasteiger partial charge in [0.2, 0.25) is 0 Å². The van der Waals surface area contributed by atoms with E-state index >= 15 is 0 Å². The van der Waals surface area contributed by atoms with E-state index < -0.39 is 0 Å². The van der Waals surface area contributed by atoms with E-state index in [0.717, 1.165) is 5.75 Å². The van der Waals surface area contributed by atoms with Crippen molar-refractivity contribution < 1.29 is 0 Å². The van der Waals surface area contributed by atoms with Crippen molar-refractivity contribution in [3.05, 3.63) is 71.8 Å². The molecule has 2 aromatic rings. The van der Waals surface area contributed by atoms with Crippen molar-refractivity contribution in [2.45, 2.75) is 5.92 Å².